The van der Waals surface area contributed by atoms with Gasteiger partial charge in [-0.15, -0.1) is 0 Å². The lowest BCUT2D eigenvalue weighted by Crippen LogP contribution is -2.02. The summed E-state index contributed by atoms with van der Waals surface area (Å²) in [7, 11) is 0. The minimum absolute atomic E-state index is 0.247. The predicted octanol–water partition coefficient (Wildman–Crippen LogP) is 1.37. The highest BCUT2D eigenvalue weighted by Gasteiger charge is 2.03. The van der Waals surface area contributed by atoms with Crippen LogP contribution in [-0.2, 0) is 4.79 Å². The Kier molecular flexibility index (Phi) is 3.21. The van der Waals surface area contributed by atoms with Crippen molar-refractivity contribution in [3.05, 3.63) is 35.9 Å². The van der Waals surface area contributed by atoms with Gasteiger partial charge in [0.25, 0.3) is 0 Å². The summed E-state index contributed by atoms with van der Waals surface area (Å²) >= 11 is 0. The van der Waals surface area contributed by atoms with Gasteiger partial charge in [-0.1, -0.05) is 0 Å². The van der Waals surface area contributed by atoms with Crippen LogP contribution in [0.3, 0.4) is 0 Å². The molecule has 0 atom stereocenters. The highest BCUT2D eigenvalue weighted by Crippen LogP contribution is 2.17. The standard InChI is InChI=1S/C10H8NO3/c1-7(13)14-10-3-8(5-11)2-9(4-10)6-12/h2-4,6,12H,1H3. The van der Waals surface area contributed by atoms with Gasteiger partial charge in [0.15, 0.2) is 0 Å². The molecule has 0 aliphatic rings. The number of rotatable bonds is 2. The zero-order valence-electron chi connectivity index (χ0n) is 7.52. The summed E-state index contributed by atoms with van der Waals surface area (Å²) in [6.07, 6.45) is 0. The topological polar surface area (TPSA) is 70.3 Å². The SMILES string of the molecule is CC(=O)Oc1cc(C#N)cc([CH]O)c1. The number of hydrogen-bond donors (Lipinski definition) is 1. The molecular formula is C10H8NO3. The number of carbonyl (C=O) groups excluding carboxylic acids is 1. The molecule has 0 unspecified atom stereocenters. The third kappa shape index (κ3) is 2.57. The number of ether oxygens (including phenoxy) is 1. The van der Waals surface area contributed by atoms with Crippen LogP contribution in [0.15, 0.2) is 18.2 Å². The maximum absolute atomic E-state index is 10.6. The molecule has 4 nitrogen and oxygen atoms in total. The molecular weight excluding hydrogens is 182 g/mol. The van der Waals surface area contributed by atoms with Gasteiger partial charge in [0, 0.05) is 6.92 Å². The lowest BCUT2D eigenvalue weighted by Gasteiger charge is -2.03. The summed E-state index contributed by atoms with van der Waals surface area (Å²) in [6, 6.07) is 6.26. The largest absolute Gasteiger partial charge is 0.427 e. The number of nitriles is 1. The van der Waals surface area contributed by atoms with E-state index in [-0.39, 0.29) is 5.75 Å². The van der Waals surface area contributed by atoms with Gasteiger partial charge in [0.2, 0.25) is 0 Å². The Labute approximate surface area is 81.4 Å². The Hall–Kier alpha value is -1.86. The van der Waals surface area contributed by atoms with Gasteiger partial charge in [-0.3, -0.25) is 4.79 Å². The lowest BCUT2D eigenvalue weighted by atomic mass is 10.1. The molecule has 1 N–H and O–H groups in total. The second-order valence-electron chi connectivity index (χ2n) is 2.63. The molecule has 0 fully saturated rings. The Morgan fingerprint density at radius 3 is 2.79 bits per heavy atom. The quantitative estimate of drug-likeness (QED) is 0.564. The minimum Gasteiger partial charge on any atom is -0.427 e. The Balaban J connectivity index is 3.05. The van der Waals surface area contributed by atoms with E-state index in [9.17, 15) is 4.79 Å². The van der Waals surface area contributed by atoms with Crippen LogP contribution in [0.25, 0.3) is 0 Å². The highest BCUT2D eigenvalue weighted by atomic mass is 16.5. The molecule has 0 saturated heterocycles. The van der Waals surface area contributed by atoms with Gasteiger partial charge in [-0.05, 0) is 23.8 Å². The van der Waals surface area contributed by atoms with E-state index in [1.165, 1.54) is 25.1 Å². The van der Waals surface area contributed by atoms with Crippen molar-refractivity contribution in [2.45, 2.75) is 6.92 Å². The molecule has 0 aromatic heterocycles. The Bertz CT molecular complexity index is 393. The average Bonchev–Trinajstić information content (AvgIpc) is 2.16. The molecule has 0 heterocycles. The summed E-state index contributed by atoms with van der Waals surface area (Å²) < 4.78 is 4.78. The van der Waals surface area contributed by atoms with Crippen molar-refractivity contribution in [3.8, 4) is 11.8 Å². The Morgan fingerprint density at radius 2 is 2.29 bits per heavy atom. The molecule has 0 saturated carbocycles. The summed E-state index contributed by atoms with van der Waals surface area (Å²) in [5.41, 5.74) is 0.740. The molecule has 0 aliphatic carbocycles. The smallest absolute Gasteiger partial charge is 0.308 e. The maximum Gasteiger partial charge on any atom is 0.308 e. The normalized spacial score (nSPS) is 9.21. The first-order chi connectivity index (χ1) is 6.65. The van der Waals surface area contributed by atoms with Crippen LogP contribution in [0.4, 0.5) is 0 Å². The van der Waals surface area contributed by atoms with Crippen LogP contribution in [0.1, 0.15) is 18.1 Å². The van der Waals surface area contributed by atoms with E-state index < -0.39 is 5.97 Å². The average molecular weight is 190 g/mol. The third-order valence-electron chi connectivity index (χ3n) is 1.47. The number of hydrogen-bond acceptors (Lipinski definition) is 4. The van der Waals surface area contributed by atoms with Crippen molar-refractivity contribution >= 4 is 5.97 Å². The zero-order chi connectivity index (χ0) is 10.6. The second-order valence-corrected chi connectivity index (χ2v) is 2.63. The second kappa shape index (κ2) is 4.40. The van der Waals surface area contributed by atoms with E-state index in [4.69, 9.17) is 15.1 Å². The number of aliphatic hydroxyl groups is 1. The third-order valence-corrected chi connectivity index (χ3v) is 1.47. The van der Waals surface area contributed by atoms with Crippen molar-refractivity contribution < 1.29 is 14.6 Å². The van der Waals surface area contributed by atoms with Gasteiger partial charge < -0.3 is 9.84 Å². The molecule has 0 amide bonds. The van der Waals surface area contributed by atoms with Gasteiger partial charge >= 0.3 is 5.97 Å². The summed E-state index contributed by atoms with van der Waals surface area (Å²) in [5.74, 6) is -0.221. The lowest BCUT2D eigenvalue weighted by molar-refractivity contribution is -0.131. The molecule has 1 radical (unpaired) electrons. The number of carbonyl (C=O) groups is 1. The number of esters is 1. The molecule has 1 aromatic rings. The van der Waals surface area contributed by atoms with Crippen molar-refractivity contribution in [2.75, 3.05) is 0 Å². The molecule has 14 heavy (non-hydrogen) atoms. The first-order valence-corrected chi connectivity index (χ1v) is 3.86. The fraction of sp³-hybridized carbons (Fsp3) is 0.100. The number of benzene rings is 1. The molecule has 0 aliphatic heterocycles. The van der Waals surface area contributed by atoms with Crippen LogP contribution in [0, 0.1) is 17.9 Å². The summed E-state index contributed by atoms with van der Waals surface area (Å²) in [6.45, 7) is 2.11. The van der Waals surface area contributed by atoms with Crippen LogP contribution < -0.4 is 4.74 Å². The first kappa shape index (κ1) is 10.2. The molecule has 1 aromatic carbocycles. The van der Waals surface area contributed by atoms with E-state index in [2.05, 4.69) is 0 Å². The summed E-state index contributed by atoms with van der Waals surface area (Å²) in [5, 5.41) is 17.4. The fourth-order valence-corrected chi connectivity index (χ4v) is 0.986. The van der Waals surface area contributed by atoms with E-state index in [0.717, 1.165) is 6.61 Å². The van der Waals surface area contributed by atoms with Gasteiger partial charge in [0.1, 0.15) is 12.4 Å². The van der Waals surface area contributed by atoms with Gasteiger partial charge in [-0.2, -0.15) is 5.26 Å². The summed E-state index contributed by atoms with van der Waals surface area (Å²) in [4.78, 5) is 10.6. The monoisotopic (exact) mass is 190 g/mol. The first-order valence-electron chi connectivity index (χ1n) is 3.86. The number of nitrogens with zero attached hydrogens (tertiary/aromatic N) is 1. The van der Waals surface area contributed by atoms with Crippen molar-refractivity contribution in [1.82, 2.24) is 0 Å². The van der Waals surface area contributed by atoms with Gasteiger partial charge in [0.05, 0.1) is 11.6 Å². The van der Waals surface area contributed by atoms with E-state index in [1.54, 1.807) is 0 Å². The fourth-order valence-electron chi connectivity index (χ4n) is 0.986. The van der Waals surface area contributed by atoms with Crippen molar-refractivity contribution in [1.29, 1.82) is 5.26 Å². The zero-order valence-corrected chi connectivity index (χ0v) is 7.52. The minimum atomic E-state index is -0.469. The van der Waals surface area contributed by atoms with E-state index in [1.807, 2.05) is 6.07 Å². The molecule has 71 valence electrons. The van der Waals surface area contributed by atoms with Crippen LogP contribution in [0.5, 0.6) is 5.75 Å². The molecule has 0 bridgehead atoms. The van der Waals surface area contributed by atoms with Gasteiger partial charge in [-0.25, -0.2) is 0 Å². The van der Waals surface area contributed by atoms with Crippen LogP contribution in [-0.4, -0.2) is 11.1 Å². The van der Waals surface area contributed by atoms with Crippen molar-refractivity contribution in [2.24, 2.45) is 0 Å². The Morgan fingerprint density at radius 1 is 1.57 bits per heavy atom. The van der Waals surface area contributed by atoms with Crippen LogP contribution >= 0.6 is 0 Å². The highest BCUT2D eigenvalue weighted by molar-refractivity contribution is 5.69. The molecule has 0 spiro atoms. The van der Waals surface area contributed by atoms with Crippen LogP contribution in [0.2, 0.25) is 0 Å². The maximum atomic E-state index is 10.6. The molecule has 4 heteroatoms. The van der Waals surface area contributed by atoms with E-state index in [0.29, 0.717) is 11.1 Å². The molecule has 1 rings (SSSR count). The van der Waals surface area contributed by atoms with E-state index >= 15 is 0 Å². The number of aliphatic hydroxyl groups excluding tert-OH is 1. The predicted molar refractivity (Wildman–Crippen MR) is 47.8 cm³/mol. The van der Waals surface area contributed by atoms with Crippen molar-refractivity contribution in [3.63, 3.8) is 0 Å².